The molecule has 0 bridgehead atoms. The van der Waals surface area contributed by atoms with Crippen molar-refractivity contribution in [3.8, 4) is 0 Å². The predicted octanol–water partition coefficient (Wildman–Crippen LogP) is 0.441. The van der Waals surface area contributed by atoms with Crippen LogP contribution in [-0.4, -0.2) is 48.3 Å². The summed E-state index contributed by atoms with van der Waals surface area (Å²) in [6.45, 7) is 5.22. The maximum Gasteiger partial charge on any atom is 0.0938 e. The molecule has 3 atom stereocenters. The molecule has 0 aromatic carbocycles. The molecule has 0 amide bonds. The van der Waals surface area contributed by atoms with E-state index in [2.05, 4.69) is 24.2 Å². The topological polar surface area (TPSA) is 35.5 Å². The van der Waals surface area contributed by atoms with Crippen LogP contribution in [0.25, 0.3) is 0 Å². The van der Waals surface area contributed by atoms with E-state index in [0.29, 0.717) is 6.04 Å². The SMILES string of the molecule is CC1CCNC(C2(O)CCN(C)C2)C1. The minimum Gasteiger partial charge on any atom is -0.387 e. The summed E-state index contributed by atoms with van der Waals surface area (Å²) < 4.78 is 0. The van der Waals surface area contributed by atoms with Crippen LogP contribution < -0.4 is 5.32 Å². The number of rotatable bonds is 1. The minimum atomic E-state index is -0.469. The van der Waals surface area contributed by atoms with Crippen LogP contribution >= 0.6 is 0 Å². The van der Waals surface area contributed by atoms with Gasteiger partial charge in [-0.1, -0.05) is 6.92 Å². The van der Waals surface area contributed by atoms with E-state index < -0.39 is 5.60 Å². The zero-order valence-corrected chi connectivity index (χ0v) is 9.29. The molecule has 2 saturated heterocycles. The van der Waals surface area contributed by atoms with Crippen molar-refractivity contribution < 1.29 is 5.11 Å². The first-order chi connectivity index (χ1) is 6.60. The van der Waals surface area contributed by atoms with Gasteiger partial charge in [0.15, 0.2) is 0 Å². The summed E-state index contributed by atoms with van der Waals surface area (Å²) in [6, 6.07) is 0.316. The Bertz CT molecular complexity index is 209. The van der Waals surface area contributed by atoms with Gasteiger partial charge in [-0.2, -0.15) is 0 Å². The number of likely N-dealkylation sites (N-methyl/N-ethyl adjacent to an activating group) is 1. The van der Waals surface area contributed by atoms with Crippen molar-refractivity contribution in [1.29, 1.82) is 0 Å². The summed E-state index contributed by atoms with van der Waals surface area (Å²) in [5.41, 5.74) is -0.469. The predicted molar refractivity (Wildman–Crippen MR) is 57.3 cm³/mol. The fourth-order valence-electron chi connectivity index (χ4n) is 2.81. The Hall–Kier alpha value is -0.120. The highest BCUT2D eigenvalue weighted by Gasteiger charge is 2.42. The van der Waals surface area contributed by atoms with Gasteiger partial charge in [-0.05, 0) is 38.8 Å². The fraction of sp³-hybridized carbons (Fsp3) is 1.00. The largest absolute Gasteiger partial charge is 0.387 e. The molecule has 0 saturated carbocycles. The van der Waals surface area contributed by atoms with Gasteiger partial charge in [-0.3, -0.25) is 0 Å². The number of β-amino-alcohol motifs (C(OH)–C–C–N with tert-alkyl or cyclic N) is 1. The highest BCUT2D eigenvalue weighted by molar-refractivity contribution is 5.00. The van der Waals surface area contributed by atoms with Crippen LogP contribution in [0, 0.1) is 5.92 Å². The molecule has 0 radical (unpaired) electrons. The Morgan fingerprint density at radius 1 is 1.50 bits per heavy atom. The molecule has 0 aliphatic carbocycles. The highest BCUT2D eigenvalue weighted by atomic mass is 16.3. The van der Waals surface area contributed by atoms with Crippen molar-refractivity contribution in [3.63, 3.8) is 0 Å². The van der Waals surface area contributed by atoms with Crippen molar-refractivity contribution in [1.82, 2.24) is 10.2 Å². The second-order valence-electron chi connectivity index (χ2n) is 5.23. The number of likely N-dealkylation sites (tertiary alicyclic amines) is 1. The number of nitrogens with one attached hydrogen (secondary N) is 1. The normalized spacial score (nSPS) is 45.6. The summed E-state index contributed by atoms with van der Waals surface area (Å²) in [5, 5.41) is 14.0. The minimum absolute atomic E-state index is 0.316. The summed E-state index contributed by atoms with van der Waals surface area (Å²) in [6.07, 6.45) is 3.31. The summed E-state index contributed by atoms with van der Waals surface area (Å²) in [4.78, 5) is 2.22. The van der Waals surface area contributed by atoms with Crippen LogP contribution in [0.1, 0.15) is 26.2 Å². The van der Waals surface area contributed by atoms with E-state index in [1.165, 1.54) is 6.42 Å². The Labute approximate surface area is 86.5 Å². The van der Waals surface area contributed by atoms with E-state index in [1.807, 2.05) is 0 Å². The standard InChI is InChI=1S/C11H22N2O/c1-9-3-5-12-10(7-9)11(14)4-6-13(2)8-11/h9-10,12,14H,3-8H2,1-2H3. The second kappa shape index (κ2) is 3.80. The van der Waals surface area contributed by atoms with Crippen molar-refractivity contribution in [2.45, 2.75) is 37.8 Å². The Balaban J connectivity index is 1.99. The van der Waals surface area contributed by atoms with Gasteiger partial charge in [0.05, 0.1) is 5.60 Å². The number of aliphatic hydroxyl groups is 1. The quantitative estimate of drug-likeness (QED) is 0.642. The molecule has 2 rings (SSSR count). The first-order valence-corrected chi connectivity index (χ1v) is 5.74. The molecular formula is C11H22N2O. The van der Waals surface area contributed by atoms with E-state index in [1.54, 1.807) is 0 Å². The van der Waals surface area contributed by atoms with Crippen LogP contribution in [0.15, 0.2) is 0 Å². The van der Waals surface area contributed by atoms with Gasteiger partial charge < -0.3 is 15.3 Å². The van der Waals surface area contributed by atoms with E-state index in [4.69, 9.17) is 0 Å². The van der Waals surface area contributed by atoms with E-state index in [0.717, 1.165) is 38.4 Å². The van der Waals surface area contributed by atoms with Crippen LogP contribution in [0.3, 0.4) is 0 Å². The number of nitrogens with zero attached hydrogens (tertiary/aromatic N) is 1. The molecule has 3 nitrogen and oxygen atoms in total. The molecular weight excluding hydrogens is 176 g/mol. The van der Waals surface area contributed by atoms with Gasteiger partial charge in [-0.15, -0.1) is 0 Å². The molecule has 2 heterocycles. The molecule has 0 spiro atoms. The number of hydrogen-bond acceptors (Lipinski definition) is 3. The first kappa shape index (κ1) is 10.4. The van der Waals surface area contributed by atoms with E-state index in [9.17, 15) is 5.11 Å². The average molecular weight is 198 g/mol. The smallest absolute Gasteiger partial charge is 0.0938 e. The average Bonchev–Trinajstić information content (AvgIpc) is 2.48. The van der Waals surface area contributed by atoms with Crippen molar-refractivity contribution >= 4 is 0 Å². The van der Waals surface area contributed by atoms with Crippen LogP contribution in [0.4, 0.5) is 0 Å². The molecule has 2 aliphatic heterocycles. The molecule has 82 valence electrons. The van der Waals surface area contributed by atoms with Crippen LogP contribution in [0.2, 0.25) is 0 Å². The Morgan fingerprint density at radius 3 is 2.86 bits per heavy atom. The van der Waals surface area contributed by atoms with Crippen LogP contribution in [0.5, 0.6) is 0 Å². The molecule has 2 fully saturated rings. The number of hydrogen-bond donors (Lipinski definition) is 2. The lowest BCUT2D eigenvalue weighted by Crippen LogP contribution is -2.55. The van der Waals surface area contributed by atoms with Gasteiger partial charge in [0.25, 0.3) is 0 Å². The zero-order valence-electron chi connectivity index (χ0n) is 9.29. The van der Waals surface area contributed by atoms with Gasteiger partial charge in [0.2, 0.25) is 0 Å². The van der Waals surface area contributed by atoms with Gasteiger partial charge in [0.1, 0.15) is 0 Å². The highest BCUT2D eigenvalue weighted by Crippen LogP contribution is 2.30. The van der Waals surface area contributed by atoms with E-state index >= 15 is 0 Å². The second-order valence-corrected chi connectivity index (χ2v) is 5.23. The van der Waals surface area contributed by atoms with Crippen molar-refractivity contribution in [3.05, 3.63) is 0 Å². The molecule has 0 aromatic rings. The monoisotopic (exact) mass is 198 g/mol. The van der Waals surface area contributed by atoms with Crippen LogP contribution in [-0.2, 0) is 0 Å². The van der Waals surface area contributed by atoms with E-state index in [-0.39, 0.29) is 0 Å². The fourth-order valence-corrected chi connectivity index (χ4v) is 2.81. The third-order valence-electron chi connectivity index (χ3n) is 3.78. The lowest BCUT2D eigenvalue weighted by Gasteiger charge is -2.38. The Morgan fingerprint density at radius 2 is 2.29 bits per heavy atom. The molecule has 14 heavy (non-hydrogen) atoms. The van der Waals surface area contributed by atoms with Gasteiger partial charge in [-0.25, -0.2) is 0 Å². The maximum atomic E-state index is 10.5. The summed E-state index contributed by atoms with van der Waals surface area (Å²) >= 11 is 0. The van der Waals surface area contributed by atoms with Crippen molar-refractivity contribution in [2.24, 2.45) is 5.92 Å². The van der Waals surface area contributed by atoms with Gasteiger partial charge >= 0.3 is 0 Å². The molecule has 3 heteroatoms. The molecule has 3 unspecified atom stereocenters. The lowest BCUT2D eigenvalue weighted by molar-refractivity contribution is -0.00279. The summed E-state index contributed by atoms with van der Waals surface area (Å²) in [5.74, 6) is 0.760. The van der Waals surface area contributed by atoms with Crippen molar-refractivity contribution in [2.75, 3.05) is 26.7 Å². The third-order valence-corrected chi connectivity index (χ3v) is 3.78. The third kappa shape index (κ3) is 1.95. The zero-order chi connectivity index (χ0) is 10.2. The lowest BCUT2D eigenvalue weighted by atomic mass is 9.83. The molecule has 0 aromatic heterocycles. The molecule has 2 N–H and O–H groups in total. The maximum absolute atomic E-state index is 10.5. The number of piperidine rings is 1. The first-order valence-electron chi connectivity index (χ1n) is 5.74. The molecule has 2 aliphatic rings. The van der Waals surface area contributed by atoms with Gasteiger partial charge in [0, 0.05) is 19.1 Å². The summed E-state index contributed by atoms with van der Waals surface area (Å²) in [7, 11) is 2.09. The Kier molecular flexibility index (Phi) is 2.82.